The van der Waals surface area contributed by atoms with Crippen molar-refractivity contribution in [2.75, 3.05) is 6.54 Å². The second-order valence-corrected chi connectivity index (χ2v) is 4.51. The minimum atomic E-state index is -0.133. The van der Waals surface area contributed by atoms with Crippen LogP contribution in [0.1, 0.15) is 12.5 Å². The van der Waals surface area contributed by atoms with Crippen molar-refractivity contribution in [3.63, 3.8) is 0 Å². The first kappa shape index (κ1) is 11.3. The first-order valence-corrected chi connectivity index (χ1v) is 6.22. The van der Waals surface area contributed by atoms with Crippen molar-refractivity contribution in [1.29, 1.82) is 0 Å². The monoisotopic (exact) mass is 235 g/mol. The number of nitrogens with one attached hydrogen (secondary N) is 1. The van der Waals surface area contributed by atoms with Crippen molar-refractivity contribution in [3.8, 4) is 10.4 Å². The summed E-state index contributed by atoms with van der Waals surface area (Å²) in [4.78, 5) is 1.11. The summed E-state index contributed by atoms with van der Waals surface area (Å²) in [6.45, 7) is 3.46. The Morgan fingerprint density at radius 3 is 2.81 bits per heavy atom. The van der Waals surface area contributed by atoms with Crippen LogP contribution in [0.2, 0.25) is 0 Å². The van der Waals surface area contributed by atoms with Crippen LogP contribution in [0.25, 0.3) is 10.4 Å². The molecule has 1 aromatic carbocycles. The third kappa shape index (κ3) is 2.49. The Morgan fingerprint density at radius 2 is 2.19 bits per heavy atom. The van der Waals surface area contributed by atoms with Crippen LogP contribution in [0.3, 0.4) is 0 Å². The SMILES string of the molecule is CCNCc1ccc(-c2cccs2)cc1F. The van der Waals surface area contributed by atoms with Crippen molar-refractivity contribution >= 4 is 11.3 Å². The highest BCUT2D eigenvalue weighted by Gasteiger charge is 2.05. The molecule has 0 amide bonds. The van der Waals surface area contributed by atoms with Gasteiger partial charge in [0, 0.05) is 17.0 Å². The average Bonchev–Trinajstić information content (AvgIpc) is 2.81. The summed E-state index contributed by atoms with van der Waals surface area (Å²) in [7, 11) is 0. The van der Waals surface area contributed by atoms with Gasteiger partial charge >= 0.3 is 0 Å². The smallest absolute Gasteiger partial charge is 0.128 e. The van der Waals surface area contributed by atoms with Gasteiger partial charge in [0.15, 0.2) is 0 Å². The van der Waals surface area contributed by atoms with E-state index in [4.69, 9.17) is 0 Å². The molecule has 0 aliphatic heterocycles. The topological polar surface area (TPSA) is 12.0 Å². The van der Waals surface area contributed by atoms with E-state index in [1.54, 1.807) is 17.4 Å². The Kier molecular flexibility index (Phi) is 3.70. The van der Waals surface area contributed by atoms with Gasteiger partial charge in [0.1, 0.15) is 5.82 Å². The van der Waals surface area contributed by atoms with Crippen LogP contribution < -0.4 is 5.32 Å². The Bertz CT molecular complexity index is 451. The van der Waals surface area contributed by atoms with Crippen LogP contribution in [0.15, 0.2) is 35.7 Å². The quantitative estimate of drug-likeness (QED) is 0.852. The fourth-order valence-corrected chi connectivity index (χ4v) is 2.27. The number of halogens is 1. The molecule has 0 unspecified atom stereocenters. The first-order chi connectivity index (χ1) is 7.81. The first-order valence-electron chi connectivity index (χ1n) is 5.34. The Labute approximate surface area is 98.9 Å². The lowest BCUT2D eigenvalue weighted by molar-refractivity contribution is 0.594. The molecule has 1 heterocycles. The summed E-state index contributed by atoms with van der Waals surface area (Å²) in [5, 5.41) is 5.12. The van der Waals surface area contributed by atoms with Crippen LogP contribution in [-0.2, 0) is 6.54 Å². The van der Waals surface area contributed by atoms with Crippen molar-refractivity contribution in [1.82, 2.24) is 5.32 Å². The fourth-order valence-electron chi connectivity index (χ4n) is 1.55. The van der Waals surface area contributed by atoms with E-state index in [2.05, 4.69) is 5.32 Å². The summed E-state index contributed by atoms with van der Waals surface area (Å²) in [6.07, 6.45) is 0. The zero-order chi connectivity index (χ0) is 11.4. The fraction of sp³-hybridized carbons (Fsp3) is 0.231. The van der Waals surface area contributed by atoms with Crippen LogP contribution in [0.5, 0.6) is 0 Å². The van der Waals surface area contributed by atoms with Crippen molar-refractivity contribution in [2.24, 2.45) is 0 Å². The molecule has 0 aliphatic carbocycles. The molecule has 1 aromatic heterocycles. The lowest BCUT2D eigenvalue weighted by Gasteiger charge is -2.05. The van der Waals surface area contributed by atoms with E-state index >= 15 is 0 Å². The van der Waals surface area contributed by atoms with Crippen molar-refractivity contribution < 1.29 is 4.39 Å². The predicted molar refractivity (Wildman–Crippen MR) is 67.1 cm³/mol. The Hall–Kier alpha value is -1.19. The van der Waals surface area contributed by atoms with E-state index in [-0.39, 0.29) is 5.82 Å². The van der Waals surface area contributed by atoms with Gasteiger partial charge in [-0.1, -0.05) is 25.1 Å². The maximum absolute atomic E-state index is 13.7. The third-order valence-corrected chi connectivity index (χ3v) is 3.34. The molecule has 2 rings (SSSR count). The minimum Gasteiger partial charge on any atom is -0.313 e. The predicted octanol–water partition coefficient (Wildman–Crippen LogP) is 3.66. The lowest BCUT2D eigenvalue weighted by Crippen LogP contribution is -2.12. The van der Waals surface area contributed by atoms with Gasteiger partial charge in [-0.25, -0.2) is 4.39 Å². The van der Waals surface area contributed by atoms with Gasteiger partial charge in [0.25, 0.3) is 0 Å². The normalized spacial score (nSPS) is 10.6. The molecule has 1 nitrogen and oxygen atoms in total. The van der Waals surface area contributed by atoms with E-state index in [9.17, 15) is 4.39 Å². The van der Waals surface area contributed by atoms with Gasteiger partial charge in [0.05, 0.1) is 0 Å². The Morgan fingerprint density at radius 1 is 1.31 bits per heavy atom. The van der Waals surface area contributed by atoms with Gasteiger partial charge in [0.2, 0.25) is 0 Å². The van der Waals surface area contributed by atoms with Gasteiger partial charge in [-0.3, -0.25) is 0 Å². The standard InChI is InChI=1S/C13H14FNS/c1-2-15-9-11-6-5-10(8-12(11)14)13-4-3-7-16-13/h3-8,15H,2,9H2,1H3. The van der Waals surface area contributed by atoms with E-state index in [1.807, 2.05) is 36.6 Å². The minimum absolute atomic E-state index is 0.133. The molecular formula is C13H14FNS. The number of rotatable bonds is 4. The van der Waals surface area contributed by atoms with Crippen LogP contribution in [-0.4, -0.2) is 6.54 Å². The molecule has 0 fully saturated rings. The third-order valence-electron chi connectivity index (χ3n) is 2.42. The van der Waals surface area contributed by atoms with E-state index < -0.39 is 0 Å². The molecule has 3 heteroatoms. The molecule has 84 valence electrons. The maximum atomic E-state index is 13.7. The molecule has 16 heavy (non-hydrogen) atoms. The number of hydrogen-bond donors (Lipinski definition) is 1. The van der Waals surface area contributed by atoms with Gasteiger partial charge in [-0.15, -0.1) is 11.3 Å². The molecule has 0 spiro atoms. The maximum Gasteiger partial charge on any atom is 0.128 e. The number of hydrogen-bond acceptors (Lipinski definition) is 2. The molecule has 2 aromatic rings. The zero-order valence-electron chi connectivity index (χ0n) is 9.16. The highest BCUT2D eigenvalue weighted by Crippen LogP contribution is 2.26. The molecule has 0 aliphatic rings. The molecule has 0 atom stereocenters. The molecular weight excluding hydrogens is 221 g/mol. The number of thiophene rings is 1. The highest BCUT2D eigenvalue weighted by molar-refractivity contribution is 7.13. The summed E-state index contributed by atoms with van der Waals surface area (Å²) in [5.74, 6) is -0.133. The summed E-state index contributed by atoms with van der Waals surface area (Å²) >= 11 is 1.63. The molecule has 0 bridgehead atoms. The molecule has 0 saturated heterocycles. The van der Waals surface area contributed by atoms with E-state index in [0.29, 0.717) is 6.54 Å². The van der Waals surface area contributed by atoms with Crippen molar-refractivity contribution in [2.45, 2.75) is 13.5 Å². The highest BCUT2D eigenvalue weighted by atomic mass is 32.1. The molecule has 0 radical (unpaired) electrons. The number of benzene rings is 1. The summed E-state index contributed by atoms with van der Waals surface area (Å²) < 4.78 is 13.7. The van der Waals surface area contributed by atoms with Crippen LogP contribution in [0.4, 0.5) is 4.39 Å². The van der Waals surface area contributed by atoms with E-state index in [0.717, 1.165) is 22.5 Å². The van der Waals surface area contributed by atoms with Crippen LogP contribution >= 0.6 is 11.3 Å². The average molecular weight is 235 g/mol. The van der Waals surface area contributed by atoms with Crippen LogP contribution in [0, 0.1) is 5.82 Å². The summed E-state index contributed by atoms with van der Waals surface area (Å²) in [6, 6.07) is 9.42. The lowest BCUT2D eigenvalue weighted by atomic mass is 10.1. The van der Waals surface area contributed by atoms with Gasteiger partial charge in [-0.05, 0) is 29.6 Å². The van der Waals surface area contributed by atoms with Gasteiger partial charge in [-0.2, -0.15) is 0 Å². The largest absolute Gasteiger partial charge is 0.313 e. The Balaban J connectivity index is 2.23. The molecule has 0 saturated carbocycles. The van der Waals surface area contributed by atoms with Crippen molar-refractivity contribution in [3.05, 3.63) is 47.1 Å². The second kappa shape index (κ2) is 5.23. The summed E-state index contributed by atoms with van der Waals surface area (Å²) in [5.41, 5.74) is 1.68. The second-order valence-electron chi connectivity index (χ2n) is 3.56. The van der Waals surface area contributed by atoms with E-state index in [1.165, 1.54) is 0 Å². The molecule has 1 N–H and O–H groups in total. The zero-order valence-corrected chi connectivity index (χ0v) is 9.98. The van der Waals surface area contributed by atoms with Gasteiger partial charge < -0.3 is 5.32 Å².